The van der Waals surface area contributed by atoms with Crippen LogP contribution in [0.5, 0.6) is 0 Å². The molecule has 1 spiro atoms. The SMILES string of the molecule is FC/C=C/N1CC2(CNC2)C1. The first-order valence-electron chi connectivity index (χ1n) is 4.02. The molecule has 0 aromatic heterocycles. The third-order valence-corrected chi connectivity index (χ3v) is 2.48. The van der Waals surface area contributed by atoms with E-state index in [-0.39, 0.29) is 6.67 Å². The van der Waals surface area contributed by atoms with Gasteiger partial charge in [-0.15, -0.1) is 0 Å². The molecule has 0 aromatic carbocycles. The molecule has 2 nitrogen and oxygen atoms in total. The molecule has 0 unspecified atom stereocenters. The van der Waals surface area contributed by atoms with E-state index in [0.29, 0.717) is 5.41 Å². The predicted molar refractivity (Wildman–Crippen MR) is 42.0 cm³/mol. The first-order valence-corrected chi connectivity index (χ1v) is 4.02. The zero-order chi connectivity index (χ0) is 7.73. The Labute approximate surface area is 66.1 Å². The number of hydrogen-bond acceptors (Lipinski definition) is 2. The van der Waals surface area contributed by atoms with Crippen LogP contribution in [0.25, 0.3) is 0 Å². The maximum Gasteiger partial charge on any atom is 0.109 e. The molecule has 0 bridgehead atoms. The quantitative estimate of drug-likeness (QED) is 0.621. The Hall–Kier alpha value is -0.570. The Balaban J connectivity index is 1.75. The third-order valence-electron chi connectivity index (χ3n) is 2.48. The fraction of sp³-hybridized carbons (Fsp3) is 0.750. The monoisotopic (exact) mass is 156 g/mol. The second-order valence-electron chi connectivity index (χ2n) is 3.55. The largest absolute Gasteiger partial charge is 0.376 e. The number of hydrogen-bond donors (Lipinski definition) is 1. The maximum absolute atomic E-state index is 11.7. The minimum absolute atomic E-state index is 0.345. The fourth-order valence-corrected chi connectivity index (χ4v) is 1.81. The van der Waals surface area contributed by atoms with E-state index >= 15 is 0 Å². The van der Waals surface area contributed by atoms with Crippen LogP contribution in [0.4, 0.5) is 4.39 Å². The van der Waals surface area contributed by atoms with Crippen molar-refractivity contribution in [2.24, 2.45) is 5.41 Å². The number of alkyl halides is 1. The van der Waals surface area contributed by atoms with Gasteiger partial charge in [-0.2, -0.15) is 0 Å². The van der Waals surface area contributed by atoms with E-state index in [9.17, 15) is 4.39 Å². The second-order valence-corrected chi connectivity index (χ2v) is 3.55. The lowest BCUT2D eigenvalue weighted by Crippen LogP contribution is -2.69. The number of halogens is 1. The van der Waals surface area contributed by atoms with Crippen molar-refractivity contribution in [2.45, 2.75) is 0 Å². The van der Waals surface area contributed by atoms with E-state index in [1.807, 2.05) is 6.20 Å². The summed E-state index contributed by atoms with van der Waals surface area (Å²) in [6.45, 7) is 4.16. The van der Waals surface area contributed by atoms with Gasteiger partial charge in [0.25, 0.3) is 0 Å². The summed E-state index contributed by atoms with van der Waals surface area (Å²) < 4.78 is 11.7. The number of likely N-dealkylation sites (tertiary alicyclic amines) is 1. The van der Waals surface area contributed by atoms with Crippen LogP contribution in [-0.4, -0.2) is 37.8 Å². The third kappa shape index (κ3) is 1.13. The van der Waals surface area contributed by atoms with E-state index in [4.69, 9.17) is 0 Å². The van der Waals surface area contributed by atoms with Crippen molar-refractivity contribution in [3.05, 3.63) is 12.3 Å². The summed E-state index contributed by atoms with van der Waals surface area (Å²) in [5.41, 5.74) is 0.556. The molecule has 2 rings (SSSR count). The molecule has 2 fully saturated rings. The lowest BCUT2D eigenvalue weighted by molar-refractivity contribution is -0.00776. The van der Waals surface area contributed by atoms with Gasteiger partial charge >= 0.3 is 0 Å². The topological polar surface area (TPSA) is 15.3 Å². The minimum atomic E-state index is -0.345. The van der Waals surface area contributed by atoms with Gasteiger partial charge in [-0.05, 0) is 12.3 Å². The fourth-order valence-electron chi connectivity index (χ4n) is 1.81. The predicted octanol–water partition coefficient (Wildman–Crippen LogP) is 0.375. The van der Waals surface area contributed by atoms with Gasteiger partial charge in [0, 0.05) is 31.6 Å². The van der Waals surface area contributed by atoms with Crippen LogP contribution >= 0.6 is 0 Å². The van der Waals surface area contributed by atoms with Crippen LogP contribution in [0.15, 0.2) is 12.3 Å². The van der Waals surface area contributed by atoms with Crippen LogP contribution in [0.2, 0.25) is 0 Å². The smallest absolute Gasteiger partial charge is 0.109 e. The van der Waals surface area contributed by atoms with Crippen molar-refractivity contribution in [3.63, 3.8) is 0 Å². The van der Waals surface area contributed by atoms with Crippen molar-refractivity contribution in [1.29, 1.82) is 0 Å². The first kappa shape index (κ1) is 7.10. The molecular formula is C8H13FN2. The van der Waals surface area contributed by atoms with Gasteiger partial charge in [0.05, 0.1) is 0 Å². The summed E-state index contributed by atoms with van der Waals surface area (Å²) in [6, 6.07) is 0. The summed E-state index contributed by atoms with van der Waals surface area (Å²) in [7, 11) is 0. The molecule has 1 N–H and O–H groups in total. The zero-order valence-electron chi connectivity index (χ0n) is 6.52. The molecule has 0 aliphatic carbocycles. The molecular weight excluding hydrogens is 143 g/mol. The molecule has 0 amide bonds. The standard InChI is InChI=1S/C8H13FN2/c9-2-1-3-11-6-8(7-11)4-10-5-8/h1,3,10H,2,4-7H2/b3-1+. The van der Waals surface area contributed by atoms with Crippen LogP contribution < -0.4 is 5.32 Å². The lowest BCUT2D eigenvalue weighted by atomic mass is 9.75. The molecule has 0 aromatic rings. The van der Waals surface area contributed by atoms with E-state index < -0.39 is 0 Å². The molecule has 11 heavy (non-hydrogen) atoms. The van der Waals surface area contributed by atoms with Crippen LogP contribution in [0.3, 0.4) is 0 Å². The average molecular weight is 156 g/mol. The molecule has 3 heteroatoms. The highest BCUT2D eigenvalue weighted by molar-refractivity contribution is 5.07. The summed E-state index contributed by atoms with van der Waals surface area (Å²) in [5.74, 6) is 0. The Kier molecular flexibility index (Phi) is 1.60. The molecule has 0 atom stereocenters. The molecule has 2 aliphatic rings. The number of nitrogens with zero attached hydrogens (tertiary/aromatic N) is 1. The summed E-state index contributed by atoms with van der Waals surface area (Å²) in [4.78, 5) is 2.17. The number of rotatable bonds is 2. The Morgan fingerprint density at radius 1 is 1.45 bits per heavy atom. The Morgan fingerprint density at radius 2 is 2.18 bits per heavy atom. The molecule has 0 radical (unpaired) electrons. The average Bonchev–Trinajstić information content (AvgIpc) is 1.81. The van der Waals surface area contributed by atoms with E-state index in [0.717, 1.165) is 26.2 Å². The first-order chi connectivity index (χ1) is 5.35. The van der Waals surface area contributed by atoms with Gasteiger partial charge in [-0.3, -0.25) is 0 Å². The van der Waals surface area contributed by atoms with Crippen molar-refractivity contribution < 1.29 is 4.39 Å². The molecule has 2 aliphatic heterocycles. The lowest BCUT2D eigenvalue weighted by Gasteiger charge is -2.56. The molecule has 2 saturated heterocycles. The minimum Gasteiger partial charge on any atom is -0.376 e. The summed E-state index contributed by atoms with van der Waals surface area (Å²) in [5, 5.41) is 3.26. The van der Waals surface area contributed by atoms with E-state index in [1.54, 1.807) is 6.08 Å². The van der Waals surface area contributed by atoms with Gasteiger partial charge in [0.2, 0.25) is 0 Å². The zero-order valence-corrected chi connectivity index (χ0v) is 6.52. The number of allylic oxidation sites excluding steroid dienone is 1. The van der Waals surface area contributed by atoms with Crippen molar-refractivity contribution in [3.8, 4) is 0 Å². The highest BCUT2D eigenvalue weighted by Crippen LogP contribution is 2.33. The molecule has 2 heterocycles. The van der Waals surface area contributed by atoms with Crippen molar-refractivity contribution in [1.82, 2.24) is 10.2 Å². The van der Waals surface area contributed by atoms with E-state index in [2.05, 4.69) is 10.2 Å². The summed E-state index contributed by atoms with van der Waals surface area (Å²) >= 11 is 0. The van der Waals surface area contributed by atoms with E-state index in [1.165, 1.54) is 0 Å². The van der Waals surface area contributed by atoms with Gasteiger partial charge < -0.3 is 10.2 Å². The summed E-state index contributed by atoms with van der Waals surface area (Å²) in [6.07, 6.45) is 3.43. The van der Waals surface area contributed by atoms with Crippen molar-refractivity contribution in [2.75, 3.05) is 32.9 Å². The normalized spacial score (nSPS) is 27.2. The van der Waals surface area contributed by atoms with Gasteiger partial charge in [0.1, 0.15) is 6.67 Å². The number of nitrogens with one attached hydrogen (secondary N) is 1. The van der Waals surface area contributed by atoms with Crippen LogP contribution in [0, 0.1) is 5.41 Å². The highest BCUT2D eigenvalue weighted by atomic mass is 19.1. The highest BCUT2D eigenvalue weighted by Gasteiger charge is 2.46. The Morgan fingerprint density at radius 3 is 2.64 bits per heavy atom. The van der Waals surface area contributed by atoms with Crippen LogP contribution in [-0.2, 0) is 0 Å². The van der Waals surface area contributed by atoms with Gasteiger partial charge in [0.15, 0.2) is 0 Å². The van der Waals surface area contributed by atoms with Crippen LogP contribution in [0.1, 0.15) is 0 Å². The van der Waals surface area contributed by atoms with Gasteiger partial charge in [-0.25, -0.2) is 4.39 Å². The maximum atomic E-state index is 11.7. The Bertz CT molecular complexity index is 167. The molecule has 62 valence electrons. The van der Waals surface area contributed by atoms with Crippen molar-refractivity contribution >= 4 is 0 Å². The second kappa shape index (κ2) is 2.48. The van der Waals surface area contributed by atoms with Gasteiger partial charge in [-0.1, -0.05) is 0 Å². The molecule has 0 saturated carbocycles.